The maximum absolute atomic E-state index is 12.7. The van der Waals surface area contributed by atoms with E-state index in [-0.39, 0.29) is 17.5 Å². The molecule has 2 rings (SSSR count). The van der Waals surface area contributed by atoms with E-state index in [1.54, 1.807) is 0 Å². The third kappa shape index (κ3) is 3.45. The van der Waals surface area contributed by atoms with E-state index >= 15 is 0 Å². The van der Waals surface area contributed by atoms with Crippen LogP contribution in [0.3, 0.4) is 0 Å². The summed E-state index contributed by atoms with van der Waals surface area (Å²) in [5.74, 6) is -0.313. The Balaban J connectivity index is 2.45. The Labute approximate surface area is 112 Å². The lowest BCUT2D eigenvalue weighted by Crippen LogP contribution is -2.28. The molecular formula is C13H13F6N. The Bertz CT molecular complexity index is 438. The van der Waals surface area contributed by atoms with Crippen LogP contribution in [0.5, 0.6) is 0 Å². The van der Waals surface area contributed by atoms with E-state index in [0.717, 1.165) is 25.1 Å². The molecule has 1 aromatic rings. The molecule has 0 aromatic heterocycles. The lowest BCUT2D eigenvalue weighted by Gasteiger charge is -2.25. The van der Waals surface area contributed by atoms with Crippen LogP contribution in [0.2, 0.25) is 0 Å². The minimum Gasteiger partial charge on any atom is -0.316 e. The highest BCUT2D eigenvalue weighted by atomic mass is 19.4. The Kier molecular flexibility index (Phi) is 4.00. The number of nitrogens with one attached hydrogen (secondary N) is 1. The first-order valence-corrected chi connectivity index (χ1v) is 6.18. The van der Waals surface area contributed by atoms with Gasteiger partial charge in [-0.15, -0.1) is 0 Å². The molecule has 1 aliphatic rings. The normalized spacial score (nSPS) is 21.0. The van der Waals surface area contributed by atoms with E-state index in [4.69, 9.17) is 0 Å². The monoisotopic (exact) mass is 297 g/mol. The van der Waals surface area contributed by atoms with Crippen LogP contribution in [0, 0.1) is 0 Å². The van der Waals surface area contributed by atoms with Crippen molar-refractivity contribution in [3.63, 3.8) is 0 Å². The van der Waals surface area contributed by atoms with Crippen molar-refractivity contribution in [3.8, 4) is 0 Å². The van der Waals surface area contributed by atoms with Crippen molar-refractivity contribution >= 4 is 0 Å². The van der Waals surface area contributed by atoms with Crippen LogP contribution in [0.4, 0.5) is 26.3 Å². The molecule has 1 aliphatic heterocycles. The Morgan fingerprint density at radius 1 is 0.900 bits per heavy atom. The minimum absolute atomic E-state index is 0.0966. The van der Waals surface area contributed by atoms with Gasteiger partial charge in [0.2, 0.25) is 0 Å². The van der Waals surface area contributed by atoms with E-state index in [0.29, 0.717) is 13.0 Å². The second-order valence-electron chi connectivity index (χ2n) is 4.88. The molecule has 0 unspecified atom stereocenters. The summed E-state index contributed by atoms with van der Waals surface area (Å²) < 4.78 is 76.3. The number of hydrogen-bond donors (Lipinski definition) is 1. The zero-order valence-electron chi connectivity index (χ0n) is 10.4. The van der Waals surface area contributed by atoms with Gasteiger partial charge in [0.25, 0.3) is 0 Å². The first kappa shape index (κ1) is 15.2. The zero-order chi connectivity index (χ0) is 15.0. The van der Waals surface area contributed by atoms with Gasteiger partial charge >= 0.3 is 12.4 Å². The number of halogens is 6. The fourth-order valence-electron chi connectivity index (χ4n) is 2.35. The number of piperidine rings is 1. The molecule has 1 atom stereocenters. The number of hydrogen-bond acceptors (Lipinski definition) is 1. The highest BCUT2D eigenvalue weighted by molar-refractivity contribution is 5.35. The van der Waals surface area contributed by atoms with Crippen molar-refractivity contribution in [3.05, 3.63) is 34.9 Å². The predicted octanol–water partition coefficient (Wildman–Crippen LogP) is 4.19. The Hall–Kier alpha value is -1.24. The molecule has 0 radical (unpaired) electrons. The molecule has 20 heavy (non-hydrogen) atoms. The average molecular weight is 297 g/mol. The van der Waals surface area contributed by atoms with Crippen molar-refractivity contribution in [1.29, 1.82) is 0 Å². The molecule has 0 bridgehead atoms. The van der Waals surface area contributed by atoms with Crippen LogP contribution in [-0.4, -0.2) is 13.1 Å². The minimum atomic E-state index is -4.78. The highest BCUT2D eigenvalue weighted by Crippen LogP contribution is 2.38. The van der Waals surface area contributed by atoms with Crippen LogP contribution >= 0.6 is 0 Å². The maximum Gasteiger partial charge on any atom is 0.416 e. The second kappa shape index (κ2) is 5.27. The van der Waals surface area contributed by atoms with E-state index in [1.807, 2.05) is 0 Å². The van der Waals surface area contributed by atoms with Gasteiger partial charge in [0.1, 0.15) is 0 Å². The standard InChI is InChI=1S/C13H13F6N/c14-12(15,16)10-4-9(8-2-1-3-20-7-8)5-11(6-10)13(17,18)19/h4-6,8,20H,1-3,7H2/t8-/m1/s1. The van der Waals surface area contributed by atoms with Crippen LogP contribution in [0.25, 0.3) is 0 Å². The summed E-state index contributed by atoms with van der Waals surface area (Å²) in [6.07, 6.45) is -8.23. The quantitative estimate of drug-likeness (QED) is 0.766. The summed E-state index contributed by atoms with van der Waals surface area (Å²) >= 11 is 0. The molecule has 1 N–H and O–H groups in total. The Morgan fingerprint density at radius 3 is 1.85 bits per heavy atom. The van der Waals surface area contributed by atoms with Crippen LogP contribution in [0.15, 0.2) is 18.2 Å². The molecule has 0 aliphatic carbocycles. The predicted molar refractivity (Wildman–Crippen MR) is 61.3 cm³/mol. The number of alkyl halides is 6. The lowest BCUT2D eigenvalue weighted by molar-refractivity contribution is -0.143. The fraction of sp³-hybridized carbons (Fsp3) is 0.538. The summed E-state index contributed by atoms with van der Waals surface area (Å²) in [7, 11) is 0. The van der Waals surface area contributed by atoms with Crippen molar-refractivity contribution in [1.82, 2.24) is 5.32 Å². The largest absolute Gasteiger partial charge is 0.416 e. The number of rotatable bonds is 1. The van der Waals surface area contributed by atoms with Gasteiger partial charge in [-0.05, 0) is 49.1 Å². The molecule has 1 fully saturated rings. The summed E-state index contributed by atoms with van der Waals surface area (Å²) in [5, 5.41) is 2.99. The molecule has 7 heteroatoms. The maximum atomic E-state index is 12.7. The molecule has 1 saturated heterocycles. The van der Waals surface area contributed by atoms with Gasteiger partial charge in [0, 0.05) is 6.54 Å². The molecule has 0 spiro atoms. The van der Waals surface area contributed by atoms with Crippen molar-refractivity contribution in [2.75, 3.05) is 13.1 Å². The summed E-state index contributed by atoms with van der Waals surface area (Å²) in [6, 6.07) is 1.82. The van der Waals surface area contributed by atoms with Gasteiger partial charge < -0.3 is 5.32 Å². The second-order valence-corrected chi connectivity index (χ2v) is 4.88. The van der Waals surface area contributed by atoms with E-state index < -0.39 is 23.5 Å². The SMILES string of the molecule is FC(F)(F)c1cc([C@@H]2CCCNC2)cc(C(F)(F)F)c1. The van der Waals surface area contributed by atoms with Crippen molar-refractivity contribution in [2.45, 2.75) is 31.1 Å². The molecule has 112 valence electrons. The van der Waals surface area contributed by atoms with Gasteiger partial charge in [-0.1, -0.05) is 0 Å². The van der Waals surface area contributed by atoms with Crippen molar-refractivity contribution in [2.24, 2.45) is 0 Å². The molecule has 0 saturated carbocycles. The summed E-state index contributed by atoms with van der Waals surface area (Å²) in [6.45, 7) is 1.14. The third-order valence-corrected chi connectivity index (χ3v) is 3.38. The zero-order valence-corrected chi connectivity index (χ0v) is 10.4. The molecule has 1 heterocycles. The van der Waals surface area contributed by atoms with Gasteiger partial charge in [-0.2, -0.15) is 26.3 Å². The molecular weight excluding hydrogens is 284 g/mol. The molecule has 1 nitrogen and oxygen atoms in total. The highest BCUT2D eigenvalue weighted by Gasteiger charge is 2.37. The summed E-state index contributed by atoms with van der Waals surface area (Å²) in [5.41, 5.74) is -2.39. The van der Waals surface area contributed by atoms with E-state index in [9.17, 15) is 26.3 Å². The number of benzene rings is 1. The topological polar surface area (TPSA) is 12.0 Å². The van der Waals surface area contributed by atoms with Crippen LogP contribution < -0.4 is 5.32 Å². The van der Waals surface area contributed by atoms with Gasteiger partial charge in [0.05, 0.1) is 11.1 Å². The van der Waals surface area contributed by atoms with E-state index in [1.165, 1.54) is 0 Å². The first-order chi connectivity index (χ1) is 9.18. The van der Waals surface area contributed by atoms with Gasteiger partial charge in [0.15, 0.2) is 0 Å². The van der Waals surface area contributed by atoms with Gasteiger partial charge in [-0.3, -0.25) is 0 Å². The lowest BCUT2D eigenvalue weighted by atomic mass is 9.89. The first-order valence-electron chi connectivity index (χ1n) is 6.18. The molecule has 1 aromatic carbocycles. The third-order valence-electron chi connectivity index (χ3n) is 3.38. The van der Waals surface area contributed by atoms with Crippen LogP contribution in [0.1, 0.15) is 35.4 Å². The fourth-order valence-corrected chi connectivity index (χ4v) is 2.35. The van der Waals surface area contributed by atoms with Gasteiger partial charge in [-0.25, -0.2) is 0 Å². The average Bonchev–Trinajstić information content (AvgIpc) is 2.37. The Morgan fingerprint density at radius 2 is 1.45 bits per heavy atom. The summed E-state index contributed by atoms with van der Waals surface area (Å²) in [4.78, 5) is 0. The smallest absolute Gasteiger partial charge is 0.316 e. The van der Waals surface area contributed by atoms with E-state index in [2.05, 4.69) is 5.32 Å². The van der Waals surface area contributed by atoms with Crippen molar-refractivity contribution < 1.29 is 26.3 Å². The molecule has 0 amide bonds. The van der Waals surface area contributed by atoms with Crippen LogP contribution in [-0.2, 0) is 12.4 Å².